The maximum absolute atomic E-state index is 5.76. The number of oxazole rings is 1. The third-order valence-electron chi connectivity index (χ3n) is 3.27. The van der Waals surface area contributed by atoms with Crippen LogP contribution in [0.25, 0.3) is 0 Å². The SMILES string of the molecule is CCC(C)(OC)c1cnc(CCNCC(C)C)o1. The standard InChI is InChI=1S/C14H26N2O2/c1-6-14(4,17-5)12-10-16-13(18-12)7-8-15-9-11(2)3/h10-11,15H,6-9H2,1-5H3. The molecule has 0 spiro atoms. The average molecular weight is 254 g/mol. The van der Waals surface area contributed by atoms with Crippen molar-refractivity contribution in [1.29, 1.82) is 0 Å². The molecule has 4 nitrogen and oxygen atoms in total. The van der Waals surface area contributed by atoms with E-state index >= 15 is 0 Å². The summed E-state index contributed by atoms with van der Waals surface area (Å²) >= 11 is 0. The van der Waals surface area contributed by atoms with Crippen molar-refractivity contribution in [1.82, 2.24) is 10.3 Å². The number of ether oxygens (including phenoxy) is 1. The fourth-order valence-corrected chi connectivity index (χ4v) is 1.68. The van der Waals surface area contributed by atoms with Gasteiger partial charge in [-0.3, -0.25) is 0 Å². The Kier molecular flexibility index (Phi) is 5.82. The Labute approximate surface area is 110 Å². The monoisotopic (exact) mass is 254 g/mol. The van der Waals surface area contributed by atoms with E-state index in [2.05, 4.69) is 31.1 Å². The van der Waals surface area contributed by atoms with Crippen LogP contribution in [0, 0.1) is 5.92 Å². The first-order chi connectivity index (χ1) is 8.51. The molecule has 1 atom stereocenters. The second kappa shape index (κ2) is 6.90. The quantitative estimate of drug-likeness (QED) is 0.725. The van der Waals surface area contributed by atoms with Crippen molar-refractivity contribution in [3.05, 3.63) is 17.8 Å². The lowest BCUT2D eigenvalue weighted by molar-refractivity contribution is -0.0197. The van der Waals surface area contributed by atoms with Crippen LogP contribution in [0.1, 0.15) is 45.8 Å². The van der Waals surface area contributed by atoms with E-state index in [1.807, 2.05) is 6.92 Å². The van der Waals surface area contributed by atoms with Crippen LogP contribution in [0.15, 0.2) is 10.6 Å². The minimum atomic E-state index is -0.364. The smallest absolute Gasteiger partial charge is 0.195 e. The molecule has 0 saturated heterocycles. The van der Waals surface area contributed by atoms with E-state index in [1.54, 1.807) is 13.3 Å². The second-order valence-corrected chi connectivity index (χ2v) is 5.25. The van der Waals surface area contributed by atoms with Crippen molar-refractivity contribution in [3.63, 3.8) is 0 Å². The van der Waals surface area contributed by atoms with Crippen LogP contribution in [0.5, 0.6) is 0 Å². The lowest BCUT2D eigenvalue weighted by atomic mass is 10.0. The summed E-state index contributed by atoms with van der Waals surface area (Å²) in [5.41, 5.74) is -0.364. The summed E-state index contributed by atoms with van der Waals surface area (Å²) in [5, 5.41) is 3.38. The Bertz CT molecular complexity index is 343. The summed E-state index contributed by atoms with van der Waals surface area (Å²) in [6.07, 6.45) is 3.46. The molecule has 4 heteroatoms. The summed E-state index contributed by atoms with van der Waals surface area (Å²) in [5.74, 6) is 2.26. The summed E-state index contributed by atoms with van der Waals surface area (Å²) in [6.45, 7) is 10.4. The molecule has 1 unspecified atom stereocenters. The lowest BCUT2D eigenvalue weighted by Gasteiger charge is -2.23. The number of rotatable bonds is 8. The first-order valence-corrected chi connectivity index (χ1v) is 6.73. The van der Waals surface area contributed by atoms with Gasteiger partial charge in [-0.15, -0.1) is 0 Å². The zero-order valence-corrected chi connectivity index (χ0v) is 12.2. The molecule has 1 rings (SSSR count). The maximum Gasteiger partial charge on any atom is 0.195 e. The van der Waals surface area contributed by atoms with E-state index in [4.69, 9.17) is 9.15 Å². The Balaban J connectivity index is 2.48. The summed E-state index contributed by atoms with van der Waals surface area (Å²) in [4.78, 5) is 4.31. The first-order valence-electron chi connectivity index (χ1n) is 6.73. The Morgan fingerprint density at radius 2 is 2.22 bits per heavy atom. The number of hydrogen-bond acceptors (Lipinski definition) is 4. The van der Waals surface area contributed by atoms with Gasteiger partial charge in [0.2, 0.25) is 0 Å². The molecule has 0 fully saturated rings. The topological polar surface area (TPSA) is 47.3 Å². The van der Waals surface area contributed by atoms with Crippen LogP contribution in [-0.2, 0) is 16.8 Å². The van der Waals surface area contributed by atoms with Crippen molar-refractivity contribution in [2.24, 2.45) is 5.92 Å². The Hall–Kier alpha value is -0.870. The maximum atomic E-state index is 5.76. The van der Waals surface area contributed by atoms with Gasteiger partial charge in [0.05, 0.1) is 6.20 Å². The molecule has 1 aromatic heterocycles. The third-order valence-corrected chi connectivity index (χ3v) is 3.27. The highest BCUT2D eigenvalue weighted by Gasteiger charge is 2.28. The van der Waals surface area contributed by atoms with Crippen molar-refractivity contribution in [2.45, 2.75) is 46.1 Å². The van der Waals surface area contributed by atoms with E-state index in [0.717, 1.165) is 37.6 Å². The summed E-state index contributed by atoms with van der Waals surface area (Å²) in [6, 6.07) is 0. The van der Waals surface area contributed by atoms with Crippen LogP contribution in [-0.4, -0.2) is 25.2 Å². The van der Waals surface area contributed by atoms with Crippen LogP contribution < -0.4 is 5.32 Å². The minimum Gasteiger partial charge on any atom is -0.443 e. The normalized spacial score (nSPS) is 15.0. The van der Waals surface area contributed by atoms with Gasteiger partial charge in [0.25, 0.3) is 0 Å². The van der Waals surface area contributed by atoms with Crippen LogP contribution in [0.4, 0.5) is 0 Å². The van der Waals surface area contributed by atoms with E-state index in [9.17, 15) is 0 Å². The van der Waals surface area contributed by atoms with Crippen LogP contribution >= 0.6 is 0 Å². The molecule has 0 bridgehead atoms. The number of methoxy groups -OCH3 is 1. The zero-order chi connectivity index (χ0) is 13.6. The molecular formula is C14H26N2O2. The zero-order valence-electron chi connectivity index (χ0n) is 12.2. The largest absolute Gasteiger partial charge is 0.443 e. The number of nitrogens with one attached hydrogen (secondary N) is 1. The fraction of sp³-hybridized carbons (Fsp3) is 0.786. The summed E-state index contributed by atoms with van der Waals surface area (Å²) < 4.78 is 11.3. The van der Waals surface area contributed by atoms with Gasteiger partial charge in [0.1, 0.15) is 5.60 Å². The average Bonchev–Trinajstić information content (AvgIpc) is 2.83. The molecule has 0 aliphatic heterocycles. The molecule has 1 heterocycles. The molecule has 0 radical (unpaired) electrons. The van der Waals surface area contributed by atoms with Gasteiger partial charge in [0, 0.05) is 20.1 Å². The third kappa shape index (κ3) is 4.10. The highest BCUT2D eigenvalue weighted by molar-refractivity contribution is 5.05. The molecule has 104 valence electrons. The molecule has 1 aromatic rings. The van der Waals surface area contributed by atoms with Crippen molar-refractivity contribution < 1.29 is 9.15 Å². The van der Waals surface area contributed by atoms with E-state index in [-0.39, 0.29) is 5.60 Å². The molecular weight excluding hydrogens is 228 g/mol. The molecule has 1 N–H and O–H groups in total. The van der Waals surface area contributed by atoms with E-state index < -0.39 is 0 Å². The minimum absolute atomic E-state index is 0.364. The van der Waals surface area contributed by atoms with Gasteiger partial charge < -0.3 is 14.5 Å². The van der Waals surface area contributed by atoms with Crippen molar-refractivity contribution >= 4 is 0 Å². The molecule has 0 aliphatic rings. The molecule has 0 aromatic carbocycles. The number of nitrogens with zero attached hydrogens (tertiary/aromatic N) is 1. The van der Waals surface area contributed by atoms with E-state index in [1.165, 1.54) is 0 Å². The van der Waals surface area contributed by atoms with Gasteiger partial charge in [0.15, 0.2) is 11.7 Å². The molecule has 0 amide bonds. The molecule has 18 heavy (non-hydrogen) atoms. The Morgan fingerprint density at radius 1 is 1.50 bits per heavy atom. The summed E-state index contributed by atoms with van der Waals surface area (Å²) in [7, 11) is 1.70. The molecule has 0 aliphatic carbocycles. The number of hydrogen-bond donors (Lipinski definition) is 1. The highest BCUT2D eigenvalue weighted by Crippen LogP contribution is 2.28. The predicted molar refractivity (Wildman–Crippen MR) is 72.6 cm³/mol. The second-order valence-electron chi connectivity index (χ2n) is 5.25. The van der Waals surface area contributed by atoms with Crippen LogP contribution in [0.3, 0.4) is 0 Å². The Morgan fingerprint density at radius 3 is 2.78 bits per heavy atom. The van der Waals surface area contributed by atoms with Crippen molar-refractivity contribution in [2.75, 3.05) is 20.2 Å². The first kappa shape index (κ1) is 15.2. The van der Waals surface area contributed by atoms with Gasteiger partial charge in [-0.05, 0) is 25.8 Å². The predicted octanol–water partition coefficient (Wildman–Crippen LogP) is 2.73. The van der Waals surface area contributed by atoms with E-state index in [0.29, 0.717) is 5.92 Å². The number of aromatic nitrogens is 1. The van der Waals surface area contributed by atoms with Crippen molar-refractivity contribution in [3.8, 4) is 0 Å². The van der Waals surface area contributed by atoms with Gasteiger partial charge in [-0.1, -0.05) is 20.8 Å². The molecule has 0 saturated carbocycles. The highest BCUT2D eigenvalue weighted by atomic mass is 16.5. The van der Waals surface area contributed by atoms with Gasteiger partial charge >= 0.3 is 0 Å². The van der Waals surface area contributed by atoms with Gasteiger partial charge in [-0.2, -0.15) is 0 Å². The van der Waals surface area contributed by atoms with Gasteiger partial charge in [-0.25, -0.2) is 4.98 Å². The fourth-order valence-electron chi connectivity index (χ4n) is 1.68. The van der Waals surface area contributed by atoms with Crippen LogP contribution in [0.2, 0.25) is 0 Å². The lowest BCUT2D eigenvalue weighted by Crippen LogP contribution is -2.23.